The first-order chi connectivity index (χ1) is 12.8. The zero-order chi connectivity index (χ0) is 19.6. The normalized spacial score (nSPS) is 18.6. The average Bonchev–Trinajstić information content (AvgIpc) is 2.96. The Labute approximate surface area is 160 Å². The first-order valence-electron chi connectivity index (χ1n) is 9.70. The zero-order valence-electron chi connectivity index (χ0n) is 16.7. The van der Waals surface area contributed by atoms with Crippen molar-refractivity contribution < 1.29 is 19.1 Å². The molecule has 1 aromatic rings. The van der Waals surface area contributed by atoms with Crippen molar-refractivity contribution in [2.75, 3.05) is 26.3 Å². The number of rotatable bonds is 5. The van der Waals surface area contributed by atoms with Gasteiger partial charge in [-0.1, -0.05) is 0 Å². The third-order valence-electron chi connectivity index (χ3n) is 5.38. The Hall–Kier alpha value is -1.93. The second-order valence-corrected chi connectivity index (χ2v) is 7.69. The molecule has 0 bridgehead atoms. The summed E-state index contributed by atoms with van der Waals surface area (Å²) in [5.74, 6) is -0.117. The molecule has 0 aromatic carbocycles. The fourth-order valence-corrected chi connectivity index (χ4v) is 3.84. The molecule has 1 aromatic heterocycles. The van der Waals surface area contributed by atoms with Crippen LogP contribution in [0.15, 0.2) is 0 Å². The van der Waals surface area contributed by atoms with Gasteiger partial charge in [0.1, 0.15) is 6.61 Å². The van der Waals surface area contributed by atoms with E-state index in [4.69, 9.17) is 9.47 Å². The van der Waals surface area contributed by atoms with Gasteiger partial charge in [-0.2, -0.15) is 5.10 Å². The van der Waals surface area contributed by atoms with E-state index in [0.717, 1.165) is 24.1 Å². The molecule has 150 valence electrons. The van der Waals surface area contributed by atoms with Gasteiger partial charge in [-0.25, -0.2) is 0 Å². The molecule has 0 unspecified atom stereocenters. The molecule has 8 nitrogen and oxygen atoms in total. The molecule has 1 saturated heterocycles. The molecule has 0 atom stereocenters. The number of carbonyl (C=O) groups is 2. The van der Waals surface area contributed by atoms with Gasteiger partial charge < -0.3 is 19.7 Å². The molecule has 0 saturated carbocycles. The second-order valence-electron chi connectivity index (χ2n) is 7.69. The van der Waals surface area contributed by atoms with E-state index in [1.54, 1.807) is 0 Å². The Balaban J connectivity index is 1.68. The van der Waals surface area contributed by atoms with Crippen LogP contribution in [0, 0.1) is 0 Å². The summed E-state index contributed by atoms with van der Waals surface area (Å²) in [5.41, 5.74) is 2.12. The summed E-state index contributed by atoms with van der Waals surface area (Å²) < 4.78 is 13.3. The first kappa shape index (κ1) is 19.8. The molecular weight excluding hydrogens is 348 g/mol. The van der Waals surface area contributed by atoms with Crippen LogP contribution in [0.3, 0.4) is 0 Å². The molecule has 3 heterocycles. The van der Waals surface area contributed by atoms with Crippen molar-refractivity contribution in [1.82, 2.24) is 20.0 Å². The lowest BCUT2D eigenvalue weighted by Crippen LogP contribution is -2.51. The Kier molecular flexibility index (Phi) is 5.86. The minimum Gasteiger partial charge on any atom is -0.372 e. The third kappa shape index (κ3) is 4.16. The molecular formula is C19H30N4O4. The summed E-state index contributed by atoms with van der Waals surface area (Å²) in [6.45, 7) is 8.15. The number of ether oxygens (including phenoxy) is 2. The lowest BCUT2D eigenvalue weighted by atomic mass is 9.83. The van der Waals surface area contributed by atoms with Gasteiger partial charge in [0.25, 0.3) is 5.91 Å². The molecule has 1 N–H and O–H groups in total. The molecule has 8 heteroatoms. The van der Waals surface area contributed by atoms with Crippen LogP contribution in [-0.2, 0) is 34.3 Å². The van der Waals surface area contributed by atoms with Gasteiger partial charge in [0.05, 0.1) is 12.2 Å². The summed E-state index contributed by atoms with van der Waals surface area (Å²) in [6, 6.07) is 0.0598. The van der Waals surface area contributed by atoms with Crippen LogP contribution in [0.1, 0.15) is 55.4 Å². The fourth-order valence-electron chi connectivity index (χ4n) is 3.84. The van der Waals surface area contributed by atoms with E-state index < -0.39 is 0 Å². The van der Waals surface area contributed by atoms with E-state index in [9.17, 15) is 9.59 Å². The maximum atomic E-state index is 12.4. The zero-order valence-corrected chi connectivity index (χ0v) is 16.7. The van der Waals surface area contributed by atoms with E-state index in [-0.39, 0.29) is 30.1 Å². The fraction of sp³-hybridized carbons (Fsp3) is 0.737. The van der Waals surface area contributed by atoms with Crippen molar-refractivity contribution in [3.63, 3.8) is 0 Å². The standard InChI is InChI=1S/C19H30N4O4/c1-5-26-12-16(24)23-8-6-19(7-9-23)10-15-14(11-27-19)17(21-22(15)4)18(25)20-13(2)3/h13H,5-12H2,1-4H3,(H,20,25). The van der Waals surface area contributed by atoms with E-state index in [1.807, 2.05) is 37.4 Å². The monoisotopic (exact) mass is 378 g/mol. The third-order valence-corrected chi connectivity index (χ3v) is 5.38. The predicted octanol–water partition coefficient (Wildman–Crippen LogP) is 1.03. The topological polar surface area (TPSA) is 85.7 Å². The molecule has 2 aliphatic rings. The van der Waals surface area contributed by atoms with Gasteiger partial charge in [-0.05, 0) is 33.6 Å². The Morgan fingerprint density at radius 2 is 2.04 bits per heavy atom. The highest BCUT2D eigenvalue weighted by atomic mass is 16.5. The first-order valence-corrected chi connectivity index (χ1v) is 9.70. The number of piperidine rings is 1. The highest BCUT2D eigenvalue weighted by Gasteiger charge is 2.42. The minimum absolute atomic E-state index is 0.0383. The highest BCUT2D eigenvalue weighted by Crippen LogP contribution is 2.37. The van der Waals surface area contributed by atoms with Crippen molar-refractivity contribution in [3.05, 3.63) is 17.0 Å². The second kappa shape index (κ2) is 7.98. The number of nitrogens with one attached hydrogen (secondary N) is 1. The molecule has 3 rings (SSSR count). The summed E-state index contributed by atoms with van der Waals surface area (Å²) in [6.07, 6.45) is 2.28. The number of aromatic nitrogens is 2. The summed E-state index contributed by atoms with van der Waals surface area (Å²) in [4.78, 5) is 26.4. The Morgan fingerprint density at radius 1 is 1.33 bits per heavy atom. The number of hydrogen-bond donors (Lipinski definition) is 1. The van der Waals surface area contributed by atoms with E-state index in [2.05, 4.69) is 10.4 Å². The number of likely N-dealkylation sites (tertiary alicyclic amines) is 1. The quantitative estimate of drug-likeness (QED) is 0.827. The number of fused-ring (bicyclic) bond motifs is 1. The summed E-state index contributed by atoms with van der Waals surface area (Å²) in [5, 5.41) is 7.35. The maximum absolute atomic E-state index is 12.4. The predicted molar refractivity (Wildman–Crippen MR) is 99.3 cm³/mol. The number of amides is 2. The van der Waals surface area contributed by atoms with Crippen molar-refractivity contribution in [3.8, 4) is 0 Å². The lowest BCUT2D eigenvalue weighted by molar-refractivity contribution is -0.145. The number of hydrogen-bond acceptors (Lipinski definition) is 5. The molecule has 1 fully saturated rings. The SMILES string of the molecule is CCOCC(=O)N1CCC2(CC1)Cc1c(c(C(=O)NC(C)C)nn1C)CO2. The minimum atomic E-state index is -0.283. The van der Waals surface area contributed by atoms with Crippen LogP contribution >= 0.6 is 0 Å². The molecule has 27 heavy (non-hydrogen) atoms. The largest absolute Gasteiger partial charge is 0.372 e. The molecule has 2 aliphatic heterocycles. The van der Waals surface area contributed by atoms with Crippen LogP contribution in [0.5, 0.6) is 0 Å². The van der Waals surface area contributed by atoms with E-state index >= 15 is 0 Å². The molecule has 0 aliphatic carbocycles. The number of aryl methyl sites for hydroxylation is 1. The van der Waals surface area contributed by atoms with Gasteiger partial charge in [0.15, 0.2) is 5.69 Å². The van der Waals surface area contributed by atoms with E-state index in [0.29, 0.717) is 38.4 Å². The van der Waals surface area contributed by atoms with Crippen LogP contribution in [0.25, 0.3) is 0 Å². The van der Waals surface area contributed by atoms with Crippen LogP contribution in [-0.4, -0.2) is 64.4 Å². The van der Waals surface area contributed by atoms with Gasteiger partial charge in [-0.15, -0.1) is 0 Å². The molecule has 1 spiro atoms. The van der Waals surface area contributed by atoms with Crippen molar-refractivity contribution in [2.24, 2.45) is 7.05 Å². The summed E-state index contributed by atoms with van der Waals surface area (Å²) in [7, 11) is 1.88. The van der Waals surface area contributed by atoms with Crippen LogP contribution < -0.4 is 5.32 Å². The van der Waals surface area contributed by atoms with Crippen molar-refractivity contribution in [1.29, 1.82) is 0 Å². The van der Waals surface area contributed by atoms with Crippen molar-refractivity contribution in [2.45, 2.75) is 58.3 Å². The van der Waals surface area contributed by atoms with Gasteiger partial charge in [0, 0.05) is 50.5 Å². The smallest absolute Gasteiger partial charge is 0.272 e. The molecule has 2 amide bonds. The van der Waals surface area contributed by atoms with Gasteiger partial charge in [-0.3, -0.25) is 14.3 Å². The lowest BCUT2D eigenvalue weighted by Gasteiger charge is -2.43. The average molecular weight is 378 g/mol. The number of nitrogens with zero attached hydrogens (tertiary/aromatic N) is 3. The Bertz CT molecular complexity index is 705. The van der Waals surface area contributed by atoms with Crippen LogP contribution in [0.2, 0.25) is 0 Å². The van der Waals surface area contributed by atoms with Gasteiger partial charge in [0.2, 0.25) is 5.91 Å². The van der Waals surface area contributed by atoms with Crippen LogP contribution in [0.4, 0.5) is 0 Å². The van der Waals surface area contributed by atoms with E-state index in [1.165, 1.54) is 0 Å². The molecule has 0 radical (unpaired) electrons. The number of carbonyl (C=O) groups excluding carboxylic acids is 2. The Morgan fingerprint density at radius 3 is 2.67 bits per heavy atom. The van der Waals surface area contributed by atoms with Crippen molar-refractivity contribution >= 4 is 11.8 Å². The van der Waals surface area contributed by atoms with Gasteiger partial charge >= 0.3 is 0 Å². The summed E-state index contributed by atoms with van der Waals surface area (Å²) >= 11 is 0. The maximum Gasteiger partial charge on any atom is 0.272 e. The highest BCUT2D eigenvalue weighted by molar-refractivity contribution is 5.94.